The molecule has 7 nitrogen and oxygen atoms in total. The summed E-state index contributed by atoms with van der Waals surface area (Å²) in [5.74, 6) is -1.22. The van der Waals surface area contributed by atoms with Gasteiger partial charge in [0.2, 0.25) is 5.91 Å². The standard InChI is InChI=1S/C12H19N3O4/c1-13-6-7-15(12(13)19)8-10(16)14-4-2-9(3-5-14)11(17)18/h9H,2-8H2,1H3,(H,17,18). The van der Waals surface area contributed by atoms with Gasteiger partial charge in [-0.15, -0.1) is 0 Å². The van der Waals surface area contributed by atoms with Gasteiger partial charge in [-0.1, -0.05) is 0 Å². The molecule has 2 aliphatic rings. The summed E-state index contributed by atoms with van der Waals surface area (Å²) in [6.07, 6.45) is 0.990. The van der Waals surface area contributed by atoms with Crippen LogP contribution in [0.25, 0.3) is 0 Å². The maximum atomic E-state index is 12.0. The van der Waals surface area contributed by atoms with Gasteiger partial charge in [0, 0.05) is 33.2 Å². The van der Waals surface area contributed by atoms with Gasteiger partial charge in [0.1, 0.15) is 6.54 Å². The third-order valence-corrected chi connectivity index (χ3v) is 3.83. The van der Waals surface area contributed by atoms with E-state index in [4.69, 9.17) is 5.11 Å². The monoisotopic (exact) mass is 269 g/mol. The molecule has 1 N–H and O–H groups in total. The lowest BCUT2D eigenvalue weighted by Crippen LogP contribution is -2.45. The van der Waals surface area contributed by atoms with Crippen LogP contribution in [-0.2, 0) is 9.59 Å². The average Bonchev–Trinajstić information content (AvgIpc) is 2.71. The van der Waals surface area contributed by atoms with Crippen LogP contribution in [0.4, 0.5) is 4.79 Å². The summed E-state index contributed by atoms with van der Waals surface area (Å²) in [5, 5.41) is 8.89. The number of aliphatic carboxylic acids is 1. The van der Waals surface area contributed by atoms with Gasteiger partial charge in [-0.3, -0.25) is 9.59 Å². The zero-order chi connectivity index (χ0) is 14.0. The number of hydrogen-bond acceptors (Lipinski definition) is 3. The molecule has 3 amide bonds. The minimum absolute atomic E-state index is 0.0903. The third-order valence-electron chi connectivity index (χ3n) is 3.83. The first kappa shape index (κ1) is 13.6. The largest absolute Gasteiger partial charge is 0.481 e. The van der Waals surface area contributed by atoms with Crippen molar-refractivity contribution in [3.63, 3.8) is 0 Å². The molecule has 0 bridgehead atoms. The van der Waals surface area contributed by atoms with E-state index in [0.29, 0.717) is 39.0 Å². The minimum Gasteiger partial charge on any atom is -0.481 e. The van der Waals surface area contributed by atoms with Crippen molar-refractivity contribution in [1.29, 1.82) is 0 Å². The van der Waals surface area contributed by atoms with Crippen molar-refractivity contribution in [2.45, 2.75) is 12.8 Å². The van der Waals surface area contributed by atoms with Crippen molar-refractivity contribution in [1.82, 2.24) is 14.7 Å². The van der Waals surface area contributed by atoms with Crippen LogP contribution in [0, 0.1) is 5.92 Å². The van der Waals surface area contributed by atoms with E-state index in [2.05, 4.69) is 0 Å². The van der Waals surface area contributed by atoms with Gasteiger partial charge >= 0.3 is 12.0 Å². The molecule has 2 rings (SSSR count). The summed E-state index contributed by atoms with van der Waals surface area (Å²) in [4.78, 5) is 39.3. The number of carboxylic acid groups (broad SMARTS) is 1. The van der Waals surface area contributed by atoms with Crippen LogP contribution in [0.15, 0.2) is 0 Å². The Kier molecular flexibility index (Phi) is 3.92. The molecule has 0 aliphatic carbocycles. The molecule has 2 fully saturated rings. The third kappa shape index (κ3) is 2.97. The molecule has 0 aromatic carbocycles. The van der Waals surface area contributed by atoms with E-state index in [1.165, 1.54) is 4.90 Å². The fraction of sp³-hybridized carbons (Fsp3) is 0.750. The number of nitrogens with zero attached hydrogens (tertiary/aromatic N) is 3. The summed E-state index contributed by atoms with van der Waals surface area (Å²) in [6.45, 7) is 2.25. The van der Waals surface area contributed by atoms with Crippen molar-refractivity contribution in [2.75, 3.05) is 39.8 Å². The smallest absolute Gasteiger partial charge is 0.320 e. The molecule has 0 saturated carbocycles. The summed E-state index contributed by atoms with van der Waals surface area (Å²) in [6, 6.07) is -0.117. The van der Waals surface area contributed by atoms with E-state index in [1.807, 2.05) is 0 Å². The SMILES string of the molecule is CN1CCN(CC(=O)N2CCC(C(=O)O)CC2)C1=O. The van der Waals surface area contributed by atoms with Crippen LogP contribution in [0.1, 0.15) is 12.8 Å². The summed E-state index contributed by atoms with van der Waals surface area (Å²) in [7, 11) is 1.71. The molecule has 7 heteroatoms. The molecule has 2 saturated heterocycles. The molecular weight excluding hydrogens is 250 g/mol. The van der Waals surface area contributed by atoms with Gasteiger partial charge in [-0.25, -0.2) is 4.79 Å². The van der Waals surface area contributed by atoms with Gasteiger partial charge in [0.15, 0.2) is 0 Å². The van der Waals surface area contributed by atoms with Gasteiger partial charge in [0.25, 0.3) is 0 Å². The molecule has 0 aromatic heterocycles. The number of carbonyl (C=O) groups excluding carboxylic acids is 2. The molecule has 106 valence electrons. The molecule has 2 aliphatic heterocycles. The van der Waals surface area contributed by atoms with Crippen molar-refractivity contribution in [3.05, 3.63) is 0 Å². The van der Waals surface area contributed by atoms with E-state index in [1.54, 1.807) is 16.8 Å². The average molecular weight is 269 g/mol. The fourth-order valence-electron chi connectivity index (χ4n) is 2.49. The number of carbonyl (C=O) groups is 3. The molecule has 19 heavy (non-hydrogen) atoms. The van der Waals surface area contributed by atoms with E-state index < -0.39 is 5.97 Å². The predicted octanol–water partition coefficient (Wildman–Crippen LogP) is -0.323. The summed E-state index contributed by atoms with van der Waals surface area (Å²) >= 11 is 0. The van der Waals surface area contributed by atoms with Gasteiger partial charge in [-0.05, 0) is 12.8 Å². The van der Waals surface area contributed by atoms with E-state index >= 15 is 0 Å². The van der Waals surface area contributed by atoms with Gasteiger partial charge < -0.3 is 19.8 Å². The second kappa shape index (κ2) is 5.46. The van der Waals surface area contributed by atoms with E-state index in [-0.39, 0.29) is 24.4 Å². The Hall–Kier alpha value is -1.79. The Morgan fingerprint density at radius 3 is 2.32 bits per heavy atom. The second-order valence-electron chi connectivity index (χ2n) is 5.12. The Balaban J connectivity index is 1.82. The molecule has 0 radical (unpaired) electrons. The van der Waals surface area contributed by atoms with Crippen molar-refractivity contribution >= 4 is 17.9 Å². The van der Waals surface area contributed by atoms with Crippen LogP contribution in [-0.4, -0.2) is 77.5 Å². The van der Waals surface area contributed by atoms with Gasteiger partial charge in [-0.2, -0.15) is 0 Å². The maximum Gasteiger partial charge on any atom is 0.320 e. The molecule has 0 unspecified atom stereocenters. The fourth-order valence-corrected chi connectivity index (χ4v) is 2.49. The number of amides is 3. The molecular formula is C12H19N3O4. The Labute approximate surface area is 111 Å². The Bertz CT molecular complexity index is 390. The maximum absolute atomic E-state index is 12.0. The van der Waals surface area contributed by atoms with Crippen LogP contribution < -0.4 is 0 Å². The number of likely N-dealkylation sites (tertiary alicyclic amines) is 1. The van der Waals surface area contributed by atoms with Crippen LogP contribution in [0.5, 0.6) is 0 Å². The first-order valence-corrected chi connectivity index (χ1v) is 6.49. The number of piperidine rings is 1. The van der Waals surface area contributed by atoms with Crippen molar-refractivity contribution in [3.8, 4) is 0 Å². The first-order valence-electron chi connectivity index (χ1n) is 6.49. The highest BCUT2D eigenvalue weighted by Gasteiger charge is 2.31. The summed E-state index contributed by atoms with van der Waals surface area (Å²) < 4.78 is 0. The number of urea groups is 1. The number of rotatable bonds is 3. The Morgan fingerprint density at radius 1 is 1.21 bits per heavy atom. The second-order valence-corrected chi connectivity index (χ2v) is 5.12. The first-order chi connectivity index (χ1) is 8.99. The molecule has 2 heterocycles. The topological polar surface area (TPSA) is 81.2 Å². The molecule has 0 aromatic rings. The normalized spacial score (nSPS) is 21.1. The lowest BCUT2D eigenvalue weighted by Gasteiger charge is -2.31. The van der Waals surface area contributed by atoms with Gasteiger partial charge in [0.05, 0.1) is 5.92 Å². The van der Waals surface area contributed by atoms with Crippen molar-refractivity contribution < 1.29 is 19.5 Å². The zero-order valence-corrected chi connectivity index (χ0v) is 11.0. The lowest BCUT2D eigenvalue weighted by molar-refractivity contribution is -0.145. The molecule has 0 spiro atoms. The summed E-state index contributed by atoms with van der Waals surface area (Å²) in [5.41, 5.74) is 0. The van der Waals surface area contributed by atoms with E-state index in [0.717, 1.165) is 0 Å². The number of carboxylic acids is 1. The highest BCUT2D eigenvalue weighted by atomic mass is 16.4. The highest BCUT2D eigenvalue weighted by Crippen LogP contribution is 2.18. The lowest BCUT2D eigenvalue weighted by atomic mass is 9.97. The van der Waals surface area contributed by atoms with E-state index in [9.17, 15) is 14.4 Å². The molecule has 0 atom stereocenters. The van der Waals surface area contributed by atoms with Crippen molar-refractivity contribution in [2.24, 2.45) is 5.92 Å². The number of hydrogen-bond donors (Lipinski definition) is 1. The number of likely N-dealkylation sites (N-methyl/N-ethyl adjacent to an activating group) is 1. The van der Waals surface area contributed by atoms with Crippen LogP contribution in [0.3, 0.4) is 0 Å². The minimum atomic E-state index is -0.788. The Morgan fingerprint density at radius 2 is 1.84 bits per heavy atom. The highest BCUT2D eigenvalue weighted by molar-refractivity contribution is 5.85. The van der Waals surface area contributed by atoms with Crippen LogP contribution >= 0.6 is 0 Å². The quantitative estimate of drug-likeness (QED) is 0.761. The van der Waals surface area contributed by atoms with Crippen LogP contribution in [0.2, 0.25) is 0 Å². The predicted molar refractivity (Wildman–Crippen MR) is 66.5 cm³/mol. The zero-order valence-electron chi connectivity index (χ0n) is 11.0.